The van der Waals surface area contributed by atoms with E-state index in [1.807, 2.05) is 19.2 Å². The molecule has 5 N–H and O–H groups in total. The van der Waals surface area contributed by atoms with Gasteiger partial charge in [-0.2, -0.15) is 0 Å². The molecular formula is C24H26ClN7O2. The number of imidazole rings is 1. The molecule has 1 saturated heterocycles. The molecule has 1 aromatic carbocycles. The fourth-order valence-electron chi connectivity index (χ4n) is 4.14. The first-order chi connectivity index (χ1) is 16.4. The summed E-state index contributed by atoms with van der Waals surface area (Å²) in [5.41, 5.74) is 7.25. The molecule has 4 rings (SSSR count). The summed E-state index contributed by atoms with van der Waals surface area (Å²) in [7, 11) is 0. The van der Waals surface area contributed by atoms with Gasteiger partial charge >= 0.3 is 0 Å². The standard InChI is InChI=1S/C24H26ClN7O2/c1-2-12-31-13-4-3-5-18(31)23-30-20(21(22(26)33)32(23)27)15-6-8-16(9-7-15)24(34)29-19-11-10-17(25)14-28-19/h2,6-12,14,18H,3-5,13,27H2,1H3,(H2,26,33)(H,28,29,34). The molecule has 0 spiro atoms. The zero-order chi connectivity index (χ0) is 24.2. The van der Waals surface area contributed by atoms with Gasteiger partial charge in [-0.05, 0) is 56.7 Å². The van der Waals surface area contributed by atoms with Gasteiger partial charge in [0.1, 0.15) is 11.5 Å². The molecular weight excluding hydrogens is 454 g/mol. The molecule has 34 heavy (non-hydrogen) atoms. The number of hydrogen-bond donors (Lipinski definition) is 3. The van der Waals surface area contributed by atoms with Crippen molar-refractivity contribution in [2.75, 3.05) is 17.7 Å². The highest BCUT2D eigenvalue weighted by Crippen LogP contribution is 2.33. The molecule has 0 radical (unpaired) electrons. The number of nitrogens with one attached hydrogen (secondary N) is 1. The number of amides is 2. The maximum Gasteiger partial charge on any atom is 0.269 e. The van der Waals surface area contributed by atoms with E-state index in [2.05, 4.69) is 15.2 Å². The number of primary amides is 1. The Balaban J connectivity index is 1.63. The predicted octanol–water partition coefficient (Wildman–Crippen LogP) is 3.72. The lowest BCUT2D eigenvalue weighted by molar-refractivity contribution is 0.0990. The number of nitrogen functional groups attached to an aromatic ring is 1. The Labute approximate surface area is 202 Å². The first-order valence-electron chi connectivity index (χ1n) is 11.0. The van der Waals surface area contributed by atoms with E-state index in [4.69, 9.17) is 28.2 Å². The summed E-state index contributed by atoms with van der Waals surface area (Å²) in [5.74, 6) is 6.30. The van der Waals surface area contributed by atoms with E-state index in [9.17, 15) is 9.59 Å². The molecule has 2 aromatic heterocycles. The van der Waals surface area contributed by atoms with Gasteiger partial charge < -0.3 is 21.8 Å². The van der Waals surface area contributed by atoms with Crippen LogP contribution in [0.15, 0.2) is 54.9 Å². The summed E-state index contributed by atoms with van der Waals surface area (Å²) in [6.07, 6.45) is 8.44. The second kappa shape index (κ2) is 9.96. The van der Waals surface area contributed by atoms with Crippen LogP contribution in [-0.4, -0.2) is 37.9 Å². The topological polar surface area (TPSA) is 132 Å². The maximum atomic E-state index is 12.6. The van der Waals surface area contributed by atoms with Crippen molar-refractivity contribution in [3.05, 3.63) is 77.0 Å². The number of carbonyl (C=O) groups excluding carboxylic acids is 2. The highest BCUT2D eigenvalue weighted by Gasteiger charge is 2.30. The summed E-state index contributed by atoms with van der Waals surface area (Å²) in [4.78, 5) is 35.9. The summed E-state index contributed by atoms with van der Waals surface area (Å²) < 4.78 is 1.30. The SMILES string of the molecule is CC=CN1CCCCC1c1nc(-c2ccc(C(=O)Nc3ccc(Cl)cn3)cc2)c(C(N)=O)n1N. The van der Waals surface area contributed by atoms with Crippen molar-refractivity contribution >= 4 is 29.2 Å². The minimum absolute atomic E-state index is 0.0567. The van der Waals surface area contributed by atoms with Gasteiger partial charge in [0, 0.05) is 23.9 Å². The molecule has 1 fully saturated rings. The third-order valence-electron chi connectivity index (χ3n) is 5.74. The largest absolute Gasteiger partial charge is 0.368 e. The zero-order valence-electron chi connectivity index (χ0n) is 18.7. The molecule has 10 heteroatoms. The monoisotopic (exact) mass is 479 g/mol. The van der Waals surface area contributed by atoms with Crippen LogP contribution in [0.2, 0.25) is 5.02 Å². The molecule has 9 nitrogen and oxygen atoms in total. The average Bonchev–Trinajstić information content (AvgIpc) is 3.18. The van der Waals surface area contributed by atoms with Crippen molar-refractivity contribution < 1.29 is 9.59 Å². The lowest BCUT2D eigenvalue weighted by Gasteiger charge is -2.34. The van der Waals surface area contributed by atoms with Crippen molar-refractivity contribution in [1.82, 2.24) is 19.5 Å². The second-order valence-electron chi connectivity index (χ2n) is 8.03. The molecule has 0 saturated carbocycles. The highest BCUT2D eigenvalue weighted by atomic mass is 35.5. The predicted molar refractivity (Wildman–Crippen MR) is 132 cm³/mol. The lowest BCUT2D eigenvalue weighted by Crippen LogP contribution is -2.33. The number of halogens is 1. The lowest BCUT2D eigenvalue weighted by atomic mass is 10.0. The summed E-state index contributed by atoms with van der Waals surface area (Å²) >= 11 is 5.83. The Morgan fingerprint density at radius 1 is 1.18 bits per heavy atom. The molecule has 3 heterocycles. The van der Waals surface area contributed by atoms with Crippen LogP contribution in [0.1, 0.15) is 58.9 Å². The average molecular weight is 480 g/mol. The fourth-order valence-corrected chi connectivity index (χ4v) is 4.25. The summed E-state index contributed by atoms with van der Waals surface area (Å²) in [5, 5.41) is 3.19. The van der Waals surface area contributed by atoms with Crippen LogP contribution in [0.25, 0.3) is 11.3 Å². The van der Waals surface area contributed by atoms with Crippen LogP contribution in [0.4, 0.5) is 5.82 Å². The van der Waals surface area contributed by atoms with E-state index >= 15 is 0 Å². The molecule has 1 aliphatic rings. The number of nitrogens with two attached hydrogens (primary N) is 2. The van der Waals surface area contributed by atoms with Crippen LogP contribution >= 0.6 is 11.6 Å². The normalized spacial score (nSPS) is 16.1. The van der Waals surface area contributed by atoms with E-state index in [0.717, 1.165) is 25.8 Å². The van der Waals surface area contributed by atoms with Crippen LogP contribution in [0.3, 0.4) is 0 Å². The van der Waals surface area contributed by atoms with Crippen molar-refractivity contribution in [1.29, 1.82) is 0 Å². The molecule has 0 bridgehead atoms. The van der Waals surface area contributed by atoms with Gasteiger partial charge in [-0.3, -0.25) is 9.59 Å². The number of hydrogen-bond acceptors (Lipinski definition) is 6. The molecule has 3 aromatic rings. The number of carbonyl (C=O) groups is 2. The van der Waals surface area contributed by atoms with E-state index < -0.39 is 5.91 Å². The van der Waals surface area contributed by atoms with Gasteiger partial charge in [-0.25, -0.2) is 14.6 Å². The minimum atomic E-state index is -0.666. The number of anilines is 1. The quantitative estimate of drug-likeness (QED) is 0.461. The highest BCUT2D eigenvalue weighted by molar-refractivity contribution is 6.30. The van der Waals surface area contributed by atoms with Crippen molar-refractivity contribution in [3.63, 3.8) is 0 Å². The third-order valence-corrected chi connectivity index (χ3v) is 5.97. The fraction of sp³-hybridized carbons (Fsp3) is 0.250. The van der Waals surface area contributed by atoms with E-state index in [-0.39, 0.29) is 17.6 Å². The van der Waals surface area contributed by atoms with Crippen molar-refractivity contribution in [3.8, 4) is 11.3 Å². The van der Waals surface area contributed by atoms with Crippen LogP contribution in [0.5, 0.6) is 0 Å². The summed E-state index contributed by atoms with van der Waals surface area (Å²) in [6, 6.07) is 9.93. The second-order valence-corrected chi connectivity index (χ2v) is 8.46. The number of allylic oxidation sites excluding steroid dienone is 1. The molecule has 1 atom stereocenters. The molecule has 2 amide bonds. The van der Waals surface area contributed by atoms with E-state index in [1.54, 1.807) is 36.4 Å². The Bertz CT molecular complexity index is 1220. The van der Waals surface area contributed by atoms with Gasteiger partial charge in [0.15, 0.2) is 11.5 Å². The Morgan fingerprint density at radius 2 is 1.94 bits per heavy atom. The molecule has 176 valence electrons. The summed E-state index contributed by atoms with van der Waals surface area (Å²) in [6.45, 7) is 2.84. The number of nitrogens with zero attached hydrogens (tertiary/aromatic N) is 4. The van der Waals surface area contributed by atoms with E-state index in [0.29, 0.717) is 33.5 Å². The van der Waals surface area contributed by atoms with Gasteiger partial charge in [-0.1, -0.05) is 29.8 Å². The number of aromatic nitrogens is 3. The number of likely N-dealkylation sites (tertiary alicyclic amines) is 1. The zero-order valence-corrected chi connectivity index (χ0v) is 19.5. The smallest absolute Gasteiger partial charge is 0.269 e. The number of benzene rings is 1. The number of rotatable bonds is 6. The van der Waals surface area contributed by atoms with Gasteiger partial charge in [-0.15, -0.1) is 0 Å². The first-order valence-corrected chi connectivity index (χ1v) is 11.4. The molecule has 1 aliphatic heterocycles. The number of pyridine rings is 1. The maximum absolute atomic E-state index is 12.6. The minimum Gasteiger partial charge on any atom is -0.368 e. The van der Waals surface area contributed by atoms with Gasteiger partial charge in [0.05, 0.1) is 11.1 Å². The van der Waals surface area contributed by atoms with Crippen LogP contribution < -0.4 is 16.9 Å². The first kappa shape index (κ1) is 23.3. The van der Waals surface area contributed by atoms with Gasteiger partial charge in [0.25, 0.3) is 11.8 Å². The van der Waals surface area contributed by atoms with Gasteiger partial charge in [0.2, 0.25) is 0 Å². The number of piperidine rings is 1. The van der Waals surface area contributed by atoms with E-state index in [1.165, 1.54) is 10.9 Å². The van der Waals surface area contributed by atoms with Crippen molar-refractivity contribution in [2.45, 2.75) is 32.2 Å². The Morgan fingerprint density at radius 3 is 2.59 bits per heavy atom. The van der Waals surface area contributed by atoms with Crippen LogP contribution in [0, 0.1) is 0 Å². The Hall–Kier alpha value is -3.85. The molecule has 0 aliphatic carbocycles. The van der Waals surface area contributed by atoms with Crippen molar-refractivity contribution in [2.24, 2.45) is 5.73 Å². The molecule has 1 unspecified atom stereocenters. The third kappa shape index (κ3) is 4.74. The Kier molecular flexibility index (Phi) is 6.83. The van der Waals surface area contributed by atoms with Crippen LogP contribution in [-0.2, 0) is 0 Å².